The van der Waals surface area contributed by atoms with E-state index in [2.05, 4.69) is 26.5 Å². The molecule has 176 valence electrons. The Bertz CT molecular complexity index is 1370. The van der Waals surface area contributed by atoms with Crippen molar-refractivity contribution in [2.45, 2.75) is 38.0 Å². The fourth-order valence-corrected chi connectivity index (χ4v) is 5.30. The van der Waals surface area contributed by atoms with Crippen LogP contribution in [-0.4, -0.2) is 51.0 Å². The van der Waals surface area contributed by atoms with Gasteiger partial charge in [0, 0.05) is 35.9 Å². The van der Waals surface area contributed by atoms with Crippen LogP contribution in [0.2, 0.25) is 5.02 Å². The van der Waals surface area contributed by atoms with E-state index in [0.717, 1.165) is 10.3 Å². The molecule has 1 aromatic carbocycles. The van der Waals surface area contributed by atoms with E-state index in [0.29, 0.717) is 52.1 Å². The molecule has 1 saturated carbocycles. The number of morpholine rings is 1. The fraction of sp³-hybridized carbons (Fsp3) is 0.391. The van der Waals surface area contributed by atoms with Gasteiger partial charge in [-0.2, -0.15) is 15.1 Å². The lowest BCUT2D eigenvalue weighted by Gasteiger charge is -2.36. The van der Waals surface area contributed by atoms with Crippen molar-refractivity contribution in [1.29, 1.82) is 0 Å². The quantitative estimate of drug-likeness (QED) is 0.410. The summed E-state index contributed by atoms with van der Waals surface area (Å²) in [5.41, 5.74) is 2.44. The highest BCUT2D eigenvalue weighted by molar-refractivity contribution is 7.22. The number of fused-ring (bicyclic) bond motifs is 1. The van der Waals surface area contributed by atoms with Gasteiger partial charge in [0.15, 0.2) is 10.8 Å². The number of hydrogen-bond acceptors (Lipinski definition) is 8. The average molecular weight is 500 g/mol. The molecule has 8 nitrogen and oxygen atoms in total. The molecule has 2 atom stereocenters. The Morgan fingerprint density at radius 3 is 2.82 bits per heavy atom. The van der Waals surface area contributed by atoms with Gasteiger partial charge in [0.25, 0.3) is 0 Å². The third-order valence-corrected chi connectivity index (χ3v) is 7.40. The van der Waals surface area contributed by atoms with Gasteiger partial charge >= 0.3 is 0 Å². The summed E-state index contributed by atoms with van der Waals surface area (Å²) in [5, 5.41) is 8.60. The Morgan fingerprint density at radius 1 is 1.21 bits per heavy atom. The van der Waals surface area contributed by atoms with Crippen LogP contribution < -0.4 is 10.2 Å². The van der Waals surface area contributed by atoms with Crippen LogP contribution in [-0.2, 0) is 4.74 Å². The van der Waals surface area contributed by atoms with E-state index in [4.69, 9.17) is 26.3 Å². The molecule has 1 saturated heterocycles. The van der Waals surface area contributed by atoms with E-state index < -0.39 is 5.82 Å². The number of thiazole rings is 1. The van der Waals surface area contributed by atoms with Crippen LogP contribution in [0.15, 0.2) is 30.6 Å². The Balaban J connectivity index is 1.40. The van der Waals surface area contributed by atoms with Crippen molar-refractivity contribution >= 4 is 44.4 Å². The van der Waals surface area contributed by atoms with E-state index in [1.54, 1.807) is 19.2 Å². The second-order valence-corrected chi connectivity index (χ2v) is 10.2. The van der Waals surface area contributed by atoms with Gasteiger partial charge in [-0.3, -0.25) is 4.68 Å². The number of aromatic nitrogens is 5. The summed E-state index contributed by atoms with van der Waals surface area (Å²) in [6.45, 7) is 3.22. The summed E-state index contributed by atoms with van der Waals surface area (Å²) in [7, 11) is 1.80. The molecule has 0 spiro atoms. The van der Waals surface area contributed by atoms with Crippen molar-refractivity contribution in [3.63, 3.8) is 0 Å². The molecule has 4 heterocycles. The monoisotopic (exact) mass is 499 g/mol. The Labute approximate surface area is 204 Å². The minimum atomic E-state index is -0.432. The summed E-state index contributed by atoms with van der Waals surface area (Å²) in [5.74, 6) is 0.0677. The standard InChI is InChI=1S/C23H23ClFN7OS/c1-12-9-31(11-18(33-12)13-8-27-32(10-13)15-4-5-15)22-28-19(16-6-3-14(24)7-17(16)25)20-21(29-22)30-23(26-2)34-20/h3,6-8,10,12,15,18H,4-5,9,11H2,1-2H3,(H,26,28,29,30)/t12-,18+/m1/s1. The highest BCUT2D eigenvalue weighted by Gasteiger charge is 2.32. The van der Waals surface area contributed by atoms with E-state index in [1.807, 2.05) is 17.8 Å². The molecule has 0 amide bonds. The molecule has 34 heavy (non-hydrogen) atoms. The van der Waals surface area contributed by atoms with Crippen LogP contribution >= 0.6 is 22.9 Å². The van der Waals surface area contributed by atoms with Gasteiger partial charge in [-0.05, 0) is 38.0 Å². The topological polar surface area (TPSA) is 81.0 Å². The zero-order chi connectivity index (χ0) is 23.4. The van der Waals surface area contributed by atoms with E-state index in [-0.39, 0.29) is 12.2 Å². The van der Waals surface area contributed by atoms with Crippen LogP contribution in [0.25, 0.3) is 21.6 Å². The molecule has 6 rings (SSSR count). The van der Waals surface area contributed by atoms with E-state index in [9.17, 15) is 4.39 Å². The third-order valence-electron chi connectivity index (χ3n) is 6.10. The lowest BCUT2D eigenvalue weighted by atomic mass is 10.1. The maximum absolute atomic E-state index is 14.9. The van der Waals surface area contributed by atoms with Gasteiger partial charge in [0.05, 0.1) is 30.6 Å². The van der Waals surface area contributed by atoms with Crippen LogP contribution in [0.5, 0.6) is 0 Å². The van der Waals surface area contributed by atoms with Crippen molar-refractivity contribution in [3.05, 3.63) is 47.0 Å². The van der Waals surface area contributed by atoms with Gasteiger partial charge in [-0.25, -0.2) is 9.37 Å². The maximum Gasteiger partial charge on any atom is 0.228 e. The first kappa shape index (κ1) is 21.7. The van der Waals surface area contributed by atoms with Crippen molar-refractivity contribution in [1.82, 2.24) is 24.7 Å². The zero-order valence-corrected chi connectivity index (χ0v) is 20.3. The second kappa shape index (κ2) is 8.44. The van der Waals surface area contributed by atoms with E-state index >= 15 is 0 Å². The van der Waals surface area contributed by atoms with Crippen molar-refractivity contribution in [3.8, 4) is 11.3 Å². The number of ether oxygens (including phenoxy) is 1. The molecule has 1 aliphatic carbocycles. The molecule has 3 aromatic heterocycles. The first-order chi connectivity index (χ1) is 16.5. The summed E-state index contributed by atoms with van der Waals surface area (Å²) in [6.07, 6.45) is 6.12. The molecule has 1 aliphatic heterocycles. The number of halogens is 2. The Morgan fingerprint density at radius 2 is 2.06 bits per heavy atom. The molecule has 1 N–H and O–H groups in total. The fourth-order valence-electron chi connectivity index (χ4n) is 4.28. The smallest absolute Gasteiger partial charge is 0.228 e. The number of hydrogen-bond donors (Lipinski definition) is 1. The van der Waals surface area contributed by atoms with Crippen molar-refractivity contribution in [2.24, 2.45) is 0 Å². The lowest BCUT2D eigenvalue weighted by molar-refractivity contribution is -0.0178. The van der Waals surface area contributed by atoms with Crippen LogP contribution in [0.4, 0.5) is 15.5 Å². The Kier molecular flexibility index (Phi) is 5.39. The molecule has 4 aromatic rings. The molecule has 2 aliphatic rings. The first-order valence-electron chi connectivity index (χ1n) is 11.2. The van der Waals surface area contributed by atoms with E-state index in [1.165, 1.54) is 30.2 Å². The zero-order valence-electron chi connectivity index (χ0n) is 18.7. The predicted molar refractivity (Wildman–Crippen MR) is 131 cm³/mol. The second-order valence-electron chi connectivity index (χ2n) is 8.74. The number of nitrogens with one attached hydrogen (secondary N) is 1. The summed E-state index contributed by atoms with van der Waals surface area (Å²) < 4.78 is 23.9. The molecular weight excluding hydrogens is 477 g/mol. The molecule has 2 fully saturated rings. The largest absolute Gasteiger partial charge is 0.367 e. The van der Waals surface area contributed by atoms with Gasteiger partial charge in [-0.1, -0.05) is 22.9 Å². The minimum Gasteiger partial charge on any atom is -0.367 e. The normalized spacial score (nSPS) is 20.8. The molecule has 0 radical (unpaired) electrons. The highest BCUT2D eigenvalue weighted by atomic mass is 35.5. The first-order valence-corrected chi connectivity index (χ1v) is 12.4. The summed E-state index contributed by atoms with van der Waals surface area (Å²) in [4.78, 5) is 16.3. The third kappa shape index (κ3) is 3.99. The molecular formula is C23H23ClFN7OS. The average Bonchev–Trinajstić information content (AvgIpc) is 3.39. The van der Waals surface area contributed by atoms with Crippen LogP contribution in [0.3, 0.4) is 0 Å². The summed E-state index contributed by atoms with van der Waals surface area (Å²) >= 11 is 7.39. The number of benzene rings is 1. The van der Waals surface area contributed by atoms with Gasteiger partial charge in [-0.15, -0.1) is 0 Å². The Hall–Kier alpha value is -2.82. The van der Waals surface area contributed by atoms with Crippen molar-refractivity contribution < 1.29 is 9.13 Å². The number of rotatable bonds is 5. The SMILES string of the molecule is CNc1nc2nc(N3C[C@@H](C)O[C@H](c4cnn(C5CC5)c4)C3)nc(-c3ccc(Cl)cc3F)c2s1. The number of anilines is 2. The maximum atomic E-state index is 14.9. The lowest BCUT2D eigenvalue weighted by Crippen LogP contribution is -2.43. The van der Waals surface area contributed by atoms with Gasteiger partial charge in [0.1, 0.15) is 16.6 Å². The van der Waals surface area contributed by atoms with Gasteiger partial charge in [0.2, 0.25) is 5.95 Å². The van der Waals surface area contributed by atoms with Gasteiger partial charge < -0.3 is 15.0 Å². The highest BCUT2D eigenvalue weighted by Crippen LogP contribution is 2.38. The van der Waals surface area contributed by atoms with Crippen molar-refractivity contribution in [2.75, 3.05) is 30.4 Å². The molecule has 0 unspecified atom stereocenters. The van der Waals surface area contributed by atoms with Crippen LogP contribution in [0.1, 0.15) is 37.5 Å². The minimum absolute atomic E-state index is 0.0404. The van der Waals surface area contributed by atoms with Crippen LogP contribution in [0, 0.1) is 5.82 Å². The number of nitrogens with zero attached hydrogens (tertiary/aromatic N) is 6. The molecule has 0 bridgehead atoms. The molecule has 11 heteroatoms. The summed E-state index contributed by atoms with van der Waals surface area (Å²) in [6, 6.07) is 5.13. The predicted octanol–water partition coefficient (Wildman–Crippen LogP) is 5.09.